The Bertz CT molecular complexity index is 2810. The van der Waals surface area contributed by atoms with E-state index in [1.54, 1.807) is 0 Å². The molecule has 300 valence electrons. The Hall–Kier alpha value is -5.64. The van der Waals surface area contributed by atoms with Gasteiger partial charge in [0.05, 0.1) is 0 Å². The largest absolute Gasteiger partial charge is 0.509 e. The Labute approximate surface area is 363 Å². The minimum absolute atomic E-state index is 0. The first-order chi connectivity index (χ1) is 27.8. The first-order valence-electron chi connectivity index (χ1n) is 20.1. The third-order valence-electron chi connectivity index (χ3n) is 11.6. The van der Waals surface area contributed by atoms with Crippen molar-refractivity contribution in [2.75, 3.05) is 9.80 Å². The van der Waals surface area contributed by atoms with Crippen LogP contribution >= 0.6 is 0 Å². The number of hydrogen-bond acceptors (Lipinski definition) is 4. The van der Waals surface area contributed by atoms with Gasteiger partial charge in [-0.1, -0.05) is 128 Å². The number of fused-ring (bicyclic) bond motifs is 4. The van der Waals surface area contributed by atoms with E-state index in [1.165, 1.54) is 22.3 Å². The molecule has 3 heterocycles. The average molecular weight is 953 g/mol. The molecule has 0 radical (unpaired) electrons. The molecule has 6 aromatic carbocycles. The molecule has 1 aliphatic rings. The van der Waals surface area contributed by atoms with Crippen molar-refractivity contribution >= 4 is 44.6 Å². The van der Waals surface area contributed by atoms with Crippen molar-refractivity contribution in [3.63, 3.8) is 0 Å². The summed E-state index contributed by atoms with van der Waals surface area (Å²) in [5.41, 5.74) is 11.0. The molecule has 0 unspecified atom stereocenters. The van der Waals surface area contributed by atoms with Gasteiger partial charge in [-0.05, 0) is 80.9 Å². The molecular weight excluding hydrogens is 904 g/mol. The van der Waals surface area contributed by atoms with Crippen LogP contribution in [-0.2, 0) is 37.3 Å². The molecule has 9 rings (SSSR count). The third kappa shape index (κ3) is 7.47. The molecule has 6 heteroatoms. The van der Waals surface area contributed by atoms with Crippen molar-refractivity contribution < 1.29 is 25.8 Å². The SMILES string of the molecule is CC(C)(C)c1cccc(N2[CH-]N(c3[c-]c(Oc4[c-]c5c(cc4)c4ccccc4n5-c4cc(C(C)(C)c5ccccc5)ccn4)ccc3)c3ccc(C(C)(C)C)cc32)c1.[Pt]. The van der Waals surface area contributed by atoms with Crippen molar-refractivity contribution in [2.45, 2.75) is 71.6 Å². The minimum Gasteiger partial charge on any atom is -0.509 e. The van der Waals surface area contributed by atoms with Gasteiger partial charge in [0.1, 0.15) is 5.82 Å². The Kier molecular flexibility index (Phi) is 10.3. The van der Waals surface area contributed by atoms with Crippen LogP contribution in [0.2, 0.25) is 0 Å². The second-order valence-corrected chi connectivity index (χ2v) is 17.9. The van der Waals surface area contributed by atoms with E-state index in [0.717, 1.165) is 50.4 Å². The van der Waals surface area contributed by atoms with Gasteiger partial charge >= 0.3 is 0 Å². The molecule has 0 amide bonds. The van der Waals surface area contributed by atoms with E-state index in [-0.39, 0.29) is 37.3 Å². The van der Waals surface area contributed by atoms with Gasteiger partial charge in [0.25, 0.3) is 0 Å². The third-order valence-corrected chi connectivity index (χ3v) is 11.6. The first-order valence-corrected chi connectivity index (χ1v) is 20.1. The second-order valence-electron chi connectivity index (χ2n) is 17.9. The number of para-hydroxylation sites is 1. The Balaban J connectivity index is 0.00000484. The summed E-state index contributed by atoms with van der Waals surface area (Å²) >= 11 is 0. The summed E-state index contributed by atoms with van der Waals surface area (Å²) in [5.74, 6) is 2.05. The van der Waals surface area contributed by atoms with E-state index in [0.29, 0.717) is 11.5 Å². The smallest absolute Gasteiger partial charge is 0.135 e. The number of aromatic nitrogens is 2. The molecule has 0 aliphatic carbocycles. The minimum atomic E-state index is -0.216. The van der Waals surface area contributed by atoms with Crippen molar-refractivity contribution in [3.8, 4) is 17.3 Å². The van der Waals surface area contributed by atoms with Crippen LogP contribution in [0.15, 0.2) is 146 Å². The summed E-state index contributed by atoms with van der Waals surface area (Å²) in [4.78, 5) is 9.43. The van der Waals surface area contributed by atoms with Gasteiger partial charge in [0.2, 0.25) is 0 Å². The number of ether oxygens (including phenoxy) is 1. The standard InChI is InChI=1S/C53H49N4O.Pt/c1-51(2,3)37-18-14-19-40(30-37)56-35-55(47-27-24-38(31-49(47)56)52(4,5)6)41-20-15-21-42(33-41)58-43-25-26-45-44-22-12-13-23-46(44)57(48(45)34-43)50-32-39(28-29-54-50)53(7,8)36-16-10-9-11-17-36;/h9-32,35H,1-8H3;/q-3;. The molecule has 0 bridgehead atoms. The van der Waals surface area contributed by atoms with Gasteiger partial charge in [-0.2, -0.15) is 12.1 Å². The fourth-order valence-corrected chi connectivity index (χ4v) is 8.02. The van der Waals surface area contributed by atoms with E-state index in [4.69, 9.17) is 9.72 Å². The predicted octanol–water partition coefficient (Wildman–Crippen LogP) is 13.9. The van der Waals surface area contributed by atoms with Crippen LogP contribution in [0.1, 0.15) is 77.6 Å². The number of benzene rings is 6. The molecule has 1 aliphatic heterocycles. The zero-order chi connectivity index (χ0) is 40.4. The molecule has 0 spiro atoms. The molecular formula is C53H49N4OPt-3. The molecule has 59 heavy (non-hydrogen) atoms. The maximum absolute atomic E-state index is 6.63. The van der Waals surface area contributed by atoms with Gasteiger partial charge in [-0.3, -0.25) is 0 Å². The molecule has 0 saturated heterocycles. The molecule has 0 N–H and O–H groups in total. The molecule has 2 aromatic heterocycles. The normalized spacial score (nSPS) is 13.2. The van der Waals surface area contributed by atoms with Gasteiger partial charge in [0.15, 0.2) is 0 Å². The maximum atomic E-state index is 6.63. The first kappa shape index (κ1) is 40.2. The Morgan fingerprint density at radius 2 is 1.24 bits per heavy atom. The molecule has 0 fully saturated rings. The van der Waals surface area contributed by atoms with Crippen LogP contribution in [0, 0.1) is 18.8 Å². The summed E-state index contributed by atoms with van der Waals surface area (Å²) in [6.07, 6.45) is 1.91. The maximum Gasteiger partial charge on any atom is 0.135 e. The van der Waals surface area contributed by atoms with Crippen LogP contribution in [0.3, 0.4) is 0 Å². The van der Waals surface area contributed by atoms with Gasteiger partial charge in [-0.25, -0.2) is 4.98 Å². The van der Waals surface area contributed by atoms with E-state index in [1.807, 2.05) is 24.4 Å². The van der Waals surface area contributed by atoms with Gasteiger partial charge in [-0.15, -0.1) is 48.1 Å². The van der Waals surface area contributed by atoms with Crippen LogP contribution in [0.4, 0.5) is 22.7 Å². The fourth-order valence-electron chi connectivity index (χ4n) is 8.02. The van der Waals surface area contributed by atoms with Crippen molar-refractivity contribution in [1.29, 1.82) is 0 Å². The van der Waals surface area contributed by atoms with E-state index < -0.39 is 0 Å². The van der Waals surface area contributed by atoms with Crippen molar-refractivity contribution in [1.82, 2.24) is 9.55 Å². The van der Waals surface area contributed by atoms with Crippen LogP contribution < -0.4 is 14.5 Å². The fraction of sp³-hybridized carbons (Fsp3) is 0.208. The number of anilines is 4. The van der Waals surface area contributed by atoms with Gasteiger partial charge in [0, 0.05) is 66.8 Å². The zero-order valence-corrected chi connectivity index (χ0v) is 37.2. The molecule has 0 saturated carbocycles. The topological polar surface area (TPSA) is 33.5 Å². The molecule has 0 atom stereocenters. The zero-order valence-electron chi connectivity index (χ0n) is 34.9. The monoisotopic (exact) mass is 952 g/mol. The van der Waals surface area contributed by atoms with Crippen molar-refractivity contribution in [3.05, 3.63) is 187 Å². The predicted molar refractivity (Wildman–Crippen MR) is 240 cm³/mol. The summed E-state index contributed by atoms with van der Waals surface area (Å²) in [5, 5.41) is 2.22. The summed E-state index contributed by atoms with van der Waals surface area (Å²) in [6, 6.07) is 56.5. The average Bonchev–Trinajstić information content (AvgIpc) is 3.76. The van der Waals surface area contributed by atoms with E-state index in [9.17, 15) is 0 Å². The quantitative estimate of drug-likeness (QED) is 0.149. The molecule has 5 nitrogen and oxygen atoms in total. The Morgan fingerprint density at radius 1 is 0.542 bits per heavy atom. The van der Waals surface area contributed by atoms with Crippen molar-refractivity contribution in [2.24, 2.45) is 0 Å². The summed E-state index contributed by atoms with van der Waals surface area (Å²) < 4.78 is 8.83. The van der Waals surface area contributed by atoms with Crippen LogP contribution in [0.25, 0.3) is 27.6 Å². The second kappa shape index (κ2) is 15.2. The number of rotatable bonds is 7. The van der Waals surface area contributed by atoms with E-state index in [2.05, 4.69) is 210 Å². The number of hydrogen-bond donors (Lipinski definition) is 0. The number of pyridine rings is 1. The summed E-state index contributed by atoms with van der Waals surface area (Å²) in [7, 11) is 0. The Morgan fingerprint density at radius 3 is 2.02 bits per heavy atom. The van der Waals surface area contributed by atoms with E-state index >= 15 is 0 Å². The number of nitrogens with zero attached hydrogens (tertiary/aromatic N) is 4. The summed E-state index contributed by atoms with van der Waals surface area (Å²) in [6.45, 7) is 20.3. The van der Waals surface area contributed by atoms with Crippen LogP contribution in [-0.4, -0.2) is 9.55 Å². The van der Waals surface area contributed by atoms with Crippen LogP contribution in [0.5, 0.6) is 11.5 Å². The van der Waals surface area contributed by atoms with Gasteiger partial charge < -0.3 is 19.1 Å². The molecule has 8 aromatic rings.